The predicted molar refractivity (Wildman–Crippen MR) is 679 cm³/mol. The minimum Gasteiger partial charge on any atom is -0.310 e. The van der Waals surface area contributed by atoms with Crippen LogP contribution in [-0.2, 0) is 0 Å². The average Bonchev–Trinajstić information content (AvgIpc) is 0.839. The highest BCUT2D eigenvalue weighted by atomic mass is 15.2. The molecule has 9 aliphatic rings. The Hall–Kier alpha value is -0.480. The van der Waals surface area contributed by atoms with Gasteiger partial charge in [0.25, 0.3) is 0 Å². The molecule has 9 rings (SSSR count). The van der Waals surface area contributed by atoms with E-state index in [0.29, 0.717) is 83.1 Å². The molecule has 150 heavy (non-hydrogen) atoms. The van der Waals surface area contributed by atoms with Gasteiger partial charge < -0.3 is 60.0 Å². The Morgan fingerprint density at radius 1 is 0.173 bits per heavy atom. The molecule has 12 nitrogen and oxygen atoms in total. The van der Waals surface area contributed by atoms with Crippen molar-refractivity contribution in [2.75, 3.05) is 177 Å². The van der Waals surface area contributed by atoms with Crippen LogP contribution >= 0.6 is 0 Å². The summed E-state index contributed by atoms with van der Waals surface area (Å²) >= 11 is 0. The molecule has 0 aromatic carbocycles. The molecule has 3 atom stereocenters. The van der Waals surface area contributed by atoms with E-state index in [1.54, 1.807) is 0 Å². The van der Waals surface area contributed by atoms with Crippen molar-refractivity contribution in [2.45, 2.75) is 600 Å². The summed E-state index contributed by atoms with van der Waals surface area (Å²) in [5.74, 6) is 8.19. The zero-order valence-electron chi connectivity index (χ0n) is 113. The van der Waals surface area contributed by atoms with Gasteiger partial charge in [0, 0.05) is 141 Å². The Balaban J connectivity index is 0.000000846. The fraction of sp³-hybridized carbons (Fsp3) is 1.00. The molecule has 900 valence electrons. The van der Waals surface area contributed by atoms with Gasteiger partial charge in [-0.25, -0.2) is 0 Å². The lowest BCUT2D eigenvalue weighted by molar-refractivity contribution is 0.00383. The summed E-state index contributed by atoms with van der Waals surface area (Å²) in [6, 6.07) is 4.12. The van der Waals surface area contributed by atoms with Gasteiger partial charge in [-0.3, -0.25) is 0 Å². The van der Waals surface area contributed by atoms with Crippen molar-refractivity contribution in [1.29, 1.82) is 0 Å². The van der Waals surface area contributed by atoms with Gasteiger partial charge in [-0.1, -0.05) is 467 Å². The smallest absolute Gasteiger partial charge is 0.0209 e. The molecule has 9 fully saturated rings. The van der Waals surface area contributed by atoms with Crippen LogP contribution in [-0.4, -0.2) is 257 Å². The maximum absolute atomic E-state index is 3.66. The standard InChI is InChI=1S/C18H38N2.C17H36N2.C17H35N.C16H34N2.C16H33N.C15H31N.C14H29N.C13H27N.C12H25N/c1-16(2)11-9-7-5-6-8-10-13-20-14-12-18(15-20)19-17(3)4;1-15(2)10-8-6-5-7-9-12-19-13-11-17(14-19)18-16(3)4;1-16(2,3)11-9-7-8-10-12-18-13-15(14-18)17(4,5)6;1-14(2)9-7-5-6-8-11-18-12-10-16(13-18)17-15(3)4;1-15(2,3)10-8-7-9-11-17-12-14(13-17)16(4,5)6;1-14(2,3)9-7-8-10-16-11-13(12-16)15(4,5)6;1-13(2,3)8-7-9-15-10-12(11-15)14(4,5)6;1-12(2,3)7-8-14-9-11(10-14)13(4,5)6;1-11(2,3)9-13-7-10(8-13)12(4,5)6/h16-19H,5-15H2,1-4H3;15-18H,5-14H2,1-4H3;15H,7-14H2,1-6H3;14-17H,5-13H2,1-4H3;14H,7-13H2,1-6H3;13H,7-12H2,1-6H3;12H,7-11H2,1-6H3;11H,7-10H2,1-6H3;10H,7-9H2,1-6H3/t18-;17-;;16-;;;;;/m11.1...../s1. The number of likely N-dealkylation sites (tertiary alicyclic amines) is 9. The van der Waals surface area contributed by atoms with E-state index < -0.39 is 0 Å². The lowest BCUT2D eigenvalue weighted by Gasteiger charge is -2.48. The minimum atomic E-state index is 0.461. The number of nitrogens with one attached hydrogen (secondary N) is 3. The monoisotopic (exact) mass is 2110 g/mol. The first kappa shape index (κ1) is 148. The molecule has 0 aromatic heterocycles. The van der Waals surface area contributed by atoms with Gasteiger partial charge in [0.15, 0.2) is 0 Å². The second-order valence-corrected chi connectivity index (χ2v) is 67.2. The molecule has 12 heteroatoms. The minimum absolute atomic E-state index is 0.461. The second kappa shape index (κ2) is 73.6. The van der Waals surface area contributed by atoms with Crippen LogP contribution in [0.1, 0.15) is 563 Å². The molecular weight excluding hydrogens is 1830 g/mol. The van der Waals surface area contributed by atoms with Gasteiger partial charge >= 0.3 is 0 Å². The summed E-state index contributed by atoms with van der Waals surface area (Å²) in [4.78, 5) is 23.6. The van der Waals surface area contributed by atoms with Crippen molar-refractivity contribution in [3.05, 3.63) is 0 Å². The summed E-state index contributed by atoms with van der Waals surface area (Å²) in [5.41, 5.74) is 6.11. The fourth-order valence-electron chi connectivity index (χ4n) is 22.4. The van der Waals surface area contributed by atoms with Crippen molar-refractivity contribution >= 4 is 0 Å². The van der Waals surface area contributed by atoms with Gasteiger partial charge in [0.1, 0.15) is 0 Å². The zero-order chi connectivity index (χ0) is 115. The van der Waals surface area contributed by atoms with Crippen molar-refractivity contribution < 1.29 is 0 Å². The van der Waals surface area contributed by atoms with Crippen molar-refractivity contribution in [3.8, 4) is 0 Å². The summed E-state index contributed by atoms with van der Waals surface area (Å²) in [6.07, 6.45) is 50.5. The van der Waals surface area contributed by atoms with E-state index in [4.69, 9.17) is 0 Å². The molecule has 0 aliphatic carbocycles. The average molecular weight is 2120 g/mol. The van der Waals surface area contributed by atoms with Gasteiger partial charge in [-0.15, -0.1) is 0 Å². The molecule has 0 saturated carbocycles. The van der Waals surface area contributed by atoms with E-state index in [1.165, 1.54) is 408 Å². The lowest BCUT2D eigenvalue weighted by atomic mass is 9.75. The number of hydrogen-bond donors (Lipinski definition) is 3. The van der Waals surface area contributed by atoms with E-state index in [9.17, 15) is 0 Å². The molecule has 0 spiro atoms. The van der Waals surface area contributed by atoms with Crippen LogP contribution in [0.25, 0.3) is 0 Å². The van der Waals surface area contributed by atoms with Crippen LogP contribution in [0.3, 0.4) is 0 Å². The van der Waals surface area contributed by atoms with E-state index >= 15 is 0 Å². The van der Waals surface area contributed by atoms with Crippen molar-refractivity contribution in [1.82, 2.24) is 60.0 Å². The van der Waals surface area contributed by atoms with Gasteiger partial charge in [0.05, 0.1) is 0 Å². The Morgan fingerprint density at radius 2 is 0.347 bits per heavy atom. The second-order valence-electron chi connectivity index (χ2n) is 67.2. The number of hydrogen-bond acceptors (Lipinski definition) is 12. The molecule has 0 radical (unpaired) electrons. The Kier molecular flexibility index (Phi) is 72.4. The van der Waals surface area contributed by atoms with Gasteiger partial charge in [0.2, 0.25) is 0 Å². The Labute approximate surface area is 948 Å². The first-order chi connectivity index (χ1) is 68.8. The topological polar surface area (TPSA) is 65.3 Å². The van der Waals surface area contributed by atoms with Crippen LogP contribution in [0.15, 0.2) is 0 Å². The summed E-state index contributed by atoms with van der Waals surface area (Å²) < 4.78 is 0. The summed E-state index contributed by atoms with van der Waals surface area (Å²) in [5, 5.41) is 11.0. The molecule has 3 N–H and O–H groups in total. The quantitative estimate of drug-likeness (QED) is 0.0509. The summed E-state index contributed by atoms with van der Waals surface area (Å²) in [7, 11) is 0. The predicted octanol–water partition coefficient (Wildman–Crippen LogP) is 36.1. The molecule has 9 saturated heterocycles. The maximum atomic E-state index is 3.66. The SMILES string of the molecule is CC(C)(C)CCCCCCN1CC(C(C)(C)C)C1.CC(C)(C)CCCCCN1CC(C(C)(C)C)C1.CC(C)(C)CCCCN1CC(C(C)(C)C)C1.CC(C)(C)CCCN1CC(C(C)(C)C)C1.CC(C)(C)CCN1CC(C(C)(C)C)C1.CC(C)(C)CN1CC(C(C)(C)C)C1.CC(C)CCCCCCCCN1CC[C@@H](NC(C)C)C1.CC(C)CCCCCCCN1CC[C@@H](NC(C)C)C1.CC(C)CCCCCCN1CC[C@@H](NC(C)C)C1. The Morgan fingerprint density at radius 3 is 0.560 bits per heavy atom. The molecule has 0 unspecified atom stereocenters. The molecule has 9 heterocycles. The number of nitrogens with zero attached hydrogens (tertiary/aromatic N) is 9. The highest BCUT2D eigenvalue weighted by Crippen LogP contribution is 2.41. The third-order valence-corrected chi connectivity index (χ3v) is 34.4. The van der Waals surface area contributed by atoms with Crippen LogP contribution in [0.5, 0.6) is 0 Å². The molecule has 0 bridgehead atoms. The highest BCUT2D eigenvalue weighted by molar-refractivity contribution is 4.95. The molecule has 0 aromatic rings. The zero-order valence-corrected chi connectivity index (χ0v) is 113. The highest BCUT2D eigenvalue weighted by Gasteiger charge is 2.42. The van der Waals surface area contributed by atoms with E-state index in [-0.39, 0.29) is 0 Å². The fourth-order valence-corrected chi connectivity index (χ4v) is 22.4. The third-order valence-electron chi connectivity index (χ3n) is 34.4. The molecular formula is C138H288N12. The van der Waals surface area contributed by atoms with Gasteiger partial charge in [-0.05, 0) is 287 Å². The first-order valence-electron chi connectivity index (χ1n) is 65.6. The van der Waals surface area contributed by atoms with Crippen LogP contribution in [0.2, 0.25) is 0 Å². The van der Waals surface area contributed by atoms with Crippen LogP contribution in [0, 0.1) is 118 Å². The van der Waals surface area contributed by atoms with Crippen molar-refractivity contribution in [2.24, 2.45) is 118 Å². The largest absolute Gasteiger partial charge is 0.310 e. The van der Waals surface area contributed by atoms with Gasteiger partial charge in [-0.2, -0.15) is 0 Å². The summed E-state index contributed by atoms with van der Waals surface area (Å²) in [6.45, 7) is 148. The first-order valence-corrected chi connectivity index (χ1v) is 65.6. The lowest BCUT2D eigenvalue weighted by Crippen LogP contribution is -2.54. The molecule has 0 amide bonds. The van der Waals surface area contributed by atoms with Crippen molar-refractivity contribution in [3.63, 3.8) is 0 Å². The Bertz CT molecular complexity index is 3140. The molecule has 9 aliphatic heterocycles. The normalized spacial score (nSPS) is 20.4. The van der Waals surface area contributed by atoms with Crippen LogP contribution in [0.4, 0.5) is 0 Å². The van der Waals surface area contributed by atoms with E-state index in [1.807, 2.05) is 0 Å². The number of unbranched alkanes of at least 4 members (excludes halogenated alkanes) is 18. The van der Waals surface area contributed by atoms with E-state index in [0.717, 1.165) is 71.4 Å². The van der Waals surface area contributed by atoms with E-state index in [2.05, 4.69) is 392 Å². The van der Waals surface area contributed by atoms with Crippen LogP contribution < -0.4 is 16.0 Å². The third kappa shape index (κ3) is 81.2. The maximum Gasteiger partial charge on any atom is 0.0209 e. The number of rotatable bonds is 51.